The summed E-state index contributed by atoms with van der Waals surface area (Å²) in [5.74, 6) is 1.06. The smallest absolute Gasteiger partial charge is 0.200 e. The predicted octanol–water partition coefficient (Wildman–Crippen LogP) is 1.37. The summed E-state index contributed by atoms with van der Waals surface area (Å²) in [5.41, 5.74) is 1.16. The van der Waals surface area contributed by atoms with Crippen LogP contribution in [-0.2, 0) is 6.54 Å². The number of hydrogen-bond donors (Lipinski definition) is 2. The first-order valence-corrected chi connectivity index (χ1v) is 7.02. The van der Waals surface area contributed by atoms with Gasteiger partial charge in [-0.05, 0) is 37.8 Å². The van der Waals surface area contributed by atoms with E-state index >= 15 is 0 Å². The van der Waals surface area contributed by atoms with Crippen LogP contribution in [0.15, 0.2) is 12.1 Å². The van der Waals surface area contributed by atoms with E-state index in [2.05, 4.69) is 0 Å². The second-order valence-corrected chi connectivity index (χ2v) is 5.19. The summed E-state index contributed by atoms with van der Waals surface area (Å²) in [6, 6.07) is 3.82. The van der Waals surface area contributed by atoms with Crippen LogP contribution in [0.5, 0.6) is 17.2 Å². The molecule has 0 saturated carbocycles. The van der Waals surface area contributed by atoms with E-state index in [1.165, 1.54) is 38.8 Å². The molecule has 1 fully saturated rings. The van der Waals surface area contributed by atoms with E-state index in [4.69, 9.17) is 9.47 Å². The molecule has 1 aliphatic rings. The molecular weight excluding hydrogens is 242 g/mol. The first kappa shape index (κ1) is 14.0. The second-order valence-electron chi connectivity index (χ2n) is 5.19. The van der Waals surface area contributed by atoms with E-state index in [0.717, 1.165) is 12.1 Å². The van der Waals surface area contributed by atoms with Gasteiger partial charge in [0.15, 0.2) is 11.5 Å². The van der Waals surface area contributed by atoms with E-state index in [1.54, 1.807) is 19.1 Å². The topological polar surface area (TPSA) is 43.1 Å². The van der Waals surface area contributed by atoms with E-state index in [1.807, 2.05) is 12.1 Å². The molecule has 0 unspecified atom stereocenters. The normalized spacial score (nSPS) is 16.9. The Morgan fingerprint density at radius 2 is 1.53 bits per heavy atom. The number of rotatable bonds is 4. The van der Waals surface area contributed by atoms with Gasteiger partial charge in [0.2, 0.25) is 5.75 Å². The highest BCUT2D eigenvalue weighted by Crippen LogP contribution is 2.36. The highest BCUT2D eigenvalue weighted by Gasteiger charge is 2.16. The van der Waals surface area contributed by atoms with Crippen molar-refractivity contribution in [3.63, 3.8) is 0 Å². The van der Waals surface area contributed by atoms with E-state index in [0.29, 0.717) is 11.5 Å². The Morgan fingerprint density at radius 3 is 2.00 bits per heavy atom. The van der Waals surface area contributed by atoms with Crippen LogP contribution in [0.1, 0.15) is 31.2 Å². The first-order valence-electron chi connectivity index (χ1n) is 7.02. The van der Waals surface area contributed by atoms with Crippen LogP contribution in [-0.4, -0.2) is 32.4 Å². The van der Waals surface area contributed by atoms with Gasteiger partial charge in [-0.25, -0.2) is 0 Å². The molecule has 0 radical (unpaired) electrons. The lowest BCUT2D eigenvalue weighted by molar-refractivity contribution is -0.913. The molecule has 2 rings (SSSR count). The standard InChI is InChI=1S/C15H23NO3/c1-18-13-9-12(10-14(19-2)15(13)17)11-16-7-5-3-4-6-8-16/h9-10,17H,3-8,11H2,1-2H3/p+1. The van der Waals surface area contributed by atoms with E-state index in [-0.39, 0.29) is 5.75 Å². The van der Waals surface area contributed by atoms with Crippen LogP contribution >= 0.6 is 0 Å². The molecule has 4 nitrogen and oxygen atoms in total. The zero-order valence-electron chi connectivity index (χ0n) is 11.9. The molecule has 2 N–H and O–H groups in total. The van der Waals surface area contributed by atoms with Crippen LogP contribution < -0.4 is 14.4 Å². The Balaban J connectivity index is 2.14. The van der Waals surface area contributed by atoms with Crippen molar-refractivity contribution < 1.29 is 19.5 Å². The summed E-state index contributed by atoms with van der Waals surface area (Å²) in [5, 5.41) is 9.91. The van der Waals surface area contributed by atoms with Crippen molar-refractivity contribution in [1.29, 1.82) is 0 Å². The minimum absolute atomic E-state index is 0.0830. The van der Waals surface area contributed by atoms with Gasteiger partial charge in [-0.1, -0.05) is 0 Å². The predicted molar refractivity (Wildman–Crippen MR) is 74.1 cm³/mol. The maximum absolute atomic E-state index is 9.91. The van der Waals surface area contributed by atoms with Crippen LogP contribution in [0.4, 0.5) is 0 Å². The van der Waals surface area contributed by atoms with Gasteiger partial charge in [-0.2, -0.15) is 0 Å². The Labute approximate surface area is 114 Å². The summed E-state index contributed by atoms with van der Waals surface area (Å²) in [6.45, 7) is 3.42. The van der Waals surface area contributed by atoms with E-state index < -0.39 is 0 Å². The third-order valence-corrected chi connectivity index (χ3v) is 3.80. The highest BCUT2D eigenvalue weighted by atomic mass is 16.5. The molecule has 1 saturated heterocycles. The fourth-order valence-corrected chi connectivity index (χ4v) is 2.74. The average Bonchev–Trinajstić information content (AvgIpc) is 2.69. The first-order chi connectivity index (χ1) is 9.24. The van der Waals surface area contributed by atoms with Gasteiger partial charge >= 0.3 is 0 Å². The number of methoxy groups -OCH3 is 2. The SMILES string of the molecule is COc1cc(C[NH+]2CCCCCC2)cc(OC)c1O. The molecule has 1 aliphatic heterocycles. The Morgan fingerprint density at radius 1 is 1.00 bits per heavy atom. The molecule has 19 heavy (non-hydrogen) atoms. The third-order valence-electron chi connectivity index (χ3n) is 3.80. The van der Waals surface area contributed by atoms with Crippen molar-refractivity contribution in [2.24, 2.45) is 0 Å². The number of likely N-dealkylation sites (tertiary alicyclic amines) is 1. The molecule has 1 heterocycles. The molecule has 1 aromatic rings. The number of hydrogen-bond acceptors (Lipinski definition) is 3. The summed E-state index contributed by atoms with van der Waals surface area (Å²) in [4.78, 5) is 1.60. The zero-order valence-corrected chi connectivity index (χ0v) is 11.9. The van der Waals surface area contributed by atoms with Crippen molar-refractivity contribution in [3.05, 3.63) is 17.7 Å². The fourth-order valence-electron chi connectivity index (χ4n) is 2.74. The Kier molecular flexibility index (Phi) is 4.91. The number of benzene rings is 1. The van der Waals surface area contributed by atoms with Gasteiger partial charge in [0.05, 0.1) is 27.3 Å². The fraction of sp³-hybridized carbons (Fsp3) is 0.600. The number of ether oxygens (including phenoxy) is 2. The molecule has 0 atom stereocenters. The van der Waals surface area contributed by atoms with Gasteiger partial charge in [0.1, 0.15) is 6.54 Å². The second kappa shape index (κ2) is 6.66. The monoisotopic (exact) mass is 266 g/mol. The molecular formula is C15H24NO3+. The number of phenolic OH excluding ortho intramolecular Hbond substituents is 1. The number of quaternary nitrogens is 1. The Bertz CT molecular complexity index is 387. The van der Waals surface area contributed by atoms with Gasteiger partial charge < -0.3 is 19.5 Å². The van der Waals surface area contributed by atoms with Crippen molar-refractivity contribution in [3.8, 4) is 17.2 Å². The summed E-state index contributed by atoms with van der Waals surface area (Å²) in [7, 11) is 3.13. The molecule has 106 valence electrons. The average molecular weight is 266 g/mol. The number of aromatic hydroxyl groups is 1. The minimum Gasteiger partial charge on any atom is -0.502 e. The summed E-state index contributed by atoms with van der Waals surface area (Å²) >= 11 is 0. The highest BCUT2D eigenvalue weighted by molar-refractivity contribution is 5.52. The van der Waals surface area contributed by atoms with Crippen molar-refractivity contribution in [2.75, 3.05) is 27.3 Å². The summed E-state index contributed by atoms with van der Waals surface area (Å²) < 4.78 is 10.4. The lowest BCUT2D eigenvalue weighted by Crippen LogP contribution is -3.10. The lowest BCUT2D eigenvalue weighted by atomic mass is 10.1. The van der Waals surface area contributed by atoms with Crippen molar-refractivity contribution >= 4 is 0 Å². The molecule has 0 bridgehead atoms. The quantitative estimate of drug-likeness (QED) is 0.865. The molecule has 0 aliphatic carbocycles. The molecule has 0 aromatic heterocycles. The van der Waals surface area contributed by atoms with Crippen molar-refractivity contribution in [1.82, 2.24) is 0 Å². The van der Waals surface area contributed by atoms with Gasteiger partial charge in [-0.3, -0.25) is 0 Å². The molecule has 0 spiro atoms. The Hall–Kier alpha value is -1.42. The molecule has 1 aromatic carbocycles. The largest absolute Gasteiger partial charge is 0.502 e. The van der Waals surface area contributed by atoms with E-state index in [9.17, 15) is 5.11 Å². The maximum Gasteiger partial charge on any atom is 0.200 e. The van der Waals surface area contributed by atoms with Crippen molar-refractivity contribution in [2.45, 2.75) is 32.2 Å². The zero-order chi connectivity index (χ0) is 13.7. The van der Waals surface area contributed by atoms with Crippen LogP contribution in [0.3, 0.4) is 0 Å². The maximum atomic E-state index is 9.91. The van der Waals surface area contributed by atoms with Crippen LogP contribution in [0.2, 0.25) is 0 Å². The summed E-state index contributed by atoms with van der Waals surface area (Å²) in [6.07, 6.45) is 5.32. The minimum atomic E-state index is 0.0830. The van der Waals surface area contributed by atoms with Crippen LogP contribution in [0, 0.1) is 0 Å². The molecule has 4 heteroatoms. The number of nitrogens with one attached hydrogen (secondary N) is 1. The van der Waals surface area contributed by atoms with Crippen LogP contribution in [0.25, 0.3) is 0 Å². The number of phenols is 1. The lowest BCUT2D eigenvalue weighted by Gasteiger charge is -2.18. The third kappa shape index (κ3) is 3.53. The van der Waals surface area contributed by atoms with Gasteiger partial charge in [0.25, 0.3) is 0 Å². The van der Waals surface area contributed by atoms with Gasteiger partial charge in [0, 0.05) is 5.56 Å². The van der Waals surface area contributed by atoms with Gasteiger partial charge in [-0.15, -0.1) is 0 Å². The molecule has 0 amide bonds.